The first-order valence-corrected chi connectivity index (χ1v) is 5.61. The average Bonchev–Trinajstić information content (AvgIpc) is 2.17. The van der Waals surface area contributed by atoms with Crippen LogP contribution < -0.4 is 0 Å². The van der Waals surface area contributed by atoms with E-state index in [4.69, 9.17) is 5.11 Å². The molecule has 6 heteroatoms. The van der Waals surface area contributed by atoms with Gasteiger partial charge in [0.1, 0.15) is 4.90 Å². The summed E-state index contributed by atoms with van der Waals surface area (Å²) in [7, 11) is -3.97. The molecule has 0 saturated heterocycles. The molecule has 82 valence electrons. The molecular formula is C9H10O5S. The first-order valence-electron chi connectivity index (χ1n) is 4.20. The molecule has 0 aliphatic heterocycles. The van der Waals surface area contributed by atoms with E-state index in [0.29, 0.717) is 0 Å². The van der Waals surface area contributed by atoms with E-state index in [2.05, 4.69) is 4.18 Å². The molecule has 1 rings (SSSR count). The number of hydrogen-bond donors (Lipinski definition) is 1. The van der Waals surface area contributed by atoms with E-state index in [1.807, 2.05) is 0 Å². The van der Waals surface area contributed by atoms with Crippen molar-refractivity contribution in [2.75, 3.05) is 6.61 Å². The molecule has 0 amide bonds. The highest BCUT2D eigenvalue weighted by Crippen LogP contribution is 2.17. The molecule has 0 radical (unpaired) electrons. The summed E-state index contributed by atoms with van der Waals surface area (Å²) in [6.07, 6.45) is 0. The summed E-state index contributed by atoms with van der Waals surface area (Å²) < 4.78 is 27.5. The van der Waals surface area contributed by atoms with Gasteiger partial charge in [0.25, 0.3) is 10.1 Å². The van der Waals surface area contributed by atoms with Crippen LogP contribution in [-0.4, -0.2) is 26.1 Å². The summed E-state index contributed by atoms with van der Waals surface area (Å²) in [5.74, 6) is -1.30. The zero-order valence-electron chi connectivity index (χ0n) is 8.00. The quantitative estimate of drug-likeness (QED) is 0.783. The van der Waals surface area contributed by atoms with Crippen LogP contribution in [0.3, 0.4) is 0 Å². The third kappa shape index (κ3) is 2.54. The lowest BCUT2D eigenvalue weighted by Crippen LogP contribution is -2.11. The topological polar surface area (TPSA) is 80.7 Å². The molecule has 15 heavy (non-hydrogen) atoms. The van der Waals surface area contributed by atoms with Crippen molar-refractivity contribution in [2.24, 2.45) is 0 Å². The van der Waals surface area contributed by atoms with E-state index in [-0.39, 0.29) is 17.1 Å². The Morgan fingerprint density at radius 1 is 1.40 bits per heavy atom. The summed E-state index contributed by atoms with van der Waals surface area (Å²) in [5, 5.41) is 8.78. The van der Waals surface area contributed by atoms with Crippen molar-refractivity contribution in [1.82, 2.24) is 0 Å². The second-order valence-electron chi connectivity index (χ2n) is 2.66. The van der Waals surface area contributed by atoms with Crippen LogP contribution >= 0.6 is 0 Å². The van der Waals surface area contributed by atoms with Gasteiger partial charge in [-0.3, -0.25) is 4.18 Å². The zero-order chi connectivity index (χ0) is 11.5. The van der Waals surface area contributed by atoms with Gasteiger partial charge >= 0.3 is 5.97 Å². The number of carboxylic acids is 1. The normalized spacial score (nSPS) is 11.3. The number of aromatic carboxylic acids is 1. The van der Waals surface area contributed by atoms with Gasteiger partial charge in [-0.05, 0) is 19.1 Å². The molecule has 0 fully saturated rings. The molecule has 1 aromatic carbocycles. The van der Waals surface area contributed by atoms with Gasteiger partial charge in [-0.2, -0.15) is 8.42 Å². The molecule has 0 aliphatic rings. The maximum Gasteiger partial charge on any atom is 0.337 e. The van der Waals surface area contributed by atoms with Crippen molar-refractivity contribution in [1.29, 1.82) is 0 Å². The minimum atomic E-state index is -3.97. The van der Waals surface area contributed by atoms with Gasteiger partial charge in [0.05, 0.1) is 12.2 Å². The first kappa shape index (κ1) is 11.7. The molecule has 5 nitrogen and oxygen atoms in total. The Labute approximate surface area is 87.4 Å². The zero-order valence-corrected chi connectivity index (χ0v) is 8.82. The summed E-state index contributed by atoms with van der Waals surface area (Å²) >= 11 is 0. The lowest BCUT2D eigenvalue weighted by molar-refractivity contribution is 0.0692. The molecule has 1 aromatic rings. The van der Waals surface area contributed by atoms with Crippen LogP contribution in [0, 0.1) is 0 Å². The van der Waals surface area contributed by atoms with E-state index in [1.54, 1.807) is 0 Å². The van der Waals surface area contributed by atoms with Crippen molar-refractivity contribution in [3.8, 4) is 0 Å². The highest BCUT2D eigenvalue weighted by molar-refractivity contribution is 7.86. The molecular weight excluding hydrogens is 220 g/mol. The van der Waals surface area contributed by atoms with Crippen molar-refractivity contribution >= 4 is 16.1 Å². The molecule has 0 bridgehead atoms. The van der Waals surface area contributed by atoms with E-state index in [0.717, 1.165) is 0 Å². The van der Waals surface area contributed by atoms with Crippen LogP contribution in [0.4, 0.5) is 0 Å². The molecule has 1 N–H and O–H groups in total. The fraction of sp³-hybridized carbons (Fsp3) is 0.222. The highest BCUT2D eigenvalue weighted by atomic mass is 32.2. The summed E-state index contributed by atoms with van der Waals surface area (Å²) in [4.78, 5) is 10.4. The third-order valence-corrected chi connectivity index (χ3v) is 3.10. The largest absolute Gasteiger partial charge is 0.478 e. The van der Waals surface area contributed by atoms with E-state index < -0.39 is 16.1 Å². The van der Waals surface area contributed by atoms with Gasteiger partial charge in [-0.15, -0.1) is 0 Å². The van der Waals surface area contributed by atoms with Crippen LogP contribution in [0.2, 0.25) is 0 Å². The van der Waals surface area contributed by atoms with Crippen molar-refractivity contribution in [3.63, 3.8) is 0 Å². The lowest BCUT2D eigenvalue weighted by atomic mass is 10.2. The molecule has 0 aliphatic carbocycles. The Kier molecular flexibility index (Phi) is 3.43. The number of carboxylic acid groups (broad SMARTS) is 1. The van der Waals surface area contributed by atoms with E-state index in [1.165, 1.54) is 31.2 Å². The summed E-state index contributed by atoms with van der Waals surface area (Å²) in [5.41, 5.74) is -0.286. The van der Waals surface area contributed by atoms with Gasteiger partial charge in [0, 0.05) is 0 Å². The Morgan fingerprint density at radius 2 is 2.00 bits per heavy atom. The van der Waals surface area contributed by atoms with Crippen LogP contribution in [0.15, 0.2) is 29.2 Å². The summed E-state index contributed by atoms with van der Waals surface area (Å²) in [6, 6.07) is 5.31. The van der Waals surface area contributed by atoms with Crippen molar-refractivity contribution < 1.29 is 22.5 Å². The smallest absolute Gasteiger partial charge is 0.337 e. The van der Waals surface area contributed by atoms with Crippen molar-refractivity contribution in [3.05, 3.63) is 29.8 Å². The molecule has 0 saturated carbocycles. The van der Waals surface area contributed by atoms with Crippen LogP contribution in [0.1, 0.15) is 17.3 Å². The van der Waals surface area contributed by atoms with Gasteiger partial charge in [-0.1, -0.05) is 12.1 Å². The Morgan fingerprint density at radius 3 is 2.53 bits per heavy atom. The third-order valence-electron chi connectivity index (χ3n) is 1.66. The molecule has 0 atom stereocenters. The Balaban J connectivity index is 3.31. The monoisotopic (exact) mass is 230 g/mol. The molecule has 0 aromatic heterocycles. The average molecular weight is 230 g/mol. The number of rotatable bonds is 4. The minimum absolute atomic E-state index is 0.0315. The fourth-order valence-corrected chi connectivity index (χ4v) is 2.19. The SMILES string of the molecule is CCOS(=O)(=O)c1ccccc1C(=O)O. The number of benzene rings is 1. The second kappa shape index (κ2) is 4.41. The number of hydrogen-bond acceptors (Lipinski definition) is 4. The first-order chi connectivity index (χ1) is 6.99. The minimum Gasteiger partial charge on any atom is -0.478 e. The van der Waals surface area contributed by atoms with Gasteiger partial charge in [-0.25, -0.2) is 4.79 Å². The van der Waals surface area contributed by atoms with Crippen LogP contribution in [-0.2, 0) is 14.3 Å². The van der Waals surface area contributed by atoms with Gasteiger partial charge < -0.3 is 5.11 Å². The predicted molar refractivity (Wildman–Crippen MR) is 52.2 cm³/mol. The van der Waals surface area contributed by atoms with Crippen LogP contribution in [0.5, 0.6) is 0 Å². The van der Waals surface area contributed by atoms with Crippen LogP contribution in [0.25, 0.3) is 0 Å². The Hall–Kier alpha value is -1.40. The molecule has 0 heterocycles. The van der Waals surface area contributed by atoms with Gasteiger partial charge in [0.2, 0.25) is 0 Å². The Bertz CT molecular complexity index is 463. The summed E-state index contributed by atoms with van der Waals surface area (Å²) in [6.45, 7) is 1.48. The number of carbonyl (C=O) groups is 1. The van der Waals surface area contributed by atoms with Crippen molar-refractivity contribution in [2.45, 2.75) is 11.8 Å². The van der Waals surface area contributed by atoms with E-state index >= 15 is 0 Å². The van der Waals surface area contributed by atoms with E-state index in [9.17, 15) is 13.2 Å². The maximum absolute atomic E-state index is 11.5. The standard InChI is InChI=1S/C9H10O5S/c1-2-14-15(12,13)8-6-4-3-5-7(8)9(10)11/h3-6H,2H2,1H3,(H,10,11). The molecule has 0 spiro atoms. The maximum atomic E-state index is 11.5. The molecule has 0 unspecified atom stereocenters. The van der Waals surface area contributed by atoms with Gasteiger partial charge in [0.15, 0.2) is 0 Å². The fourth-order valence-electron chi connectivity index (χ4n) is 1.08. The second-order valence-corrected chi connectivity index (χ2v) is 4.25. The highest BCUT2D eigenvalue weighted by Gasteiger charge is 2.21. The lowest BCUT2D eigenvalue weighted by Gasteiger charge is -2.05. The predicted octanol–water partition coefficient (Wildman–Crippen LogP) is 1.11.